The van der Waals surface area contributed by atoms with Crippen molar-refractivity contribution in [2.75, 3.05) is 44.2 Å². The lowest BCUT2D eigenvalue weighted by molar-refractivity contribution is 0.0745. The fourth-order valence-electron chi connectivity index (χ4n) is 3.61. The number of hydrogen-bond acceptors (Lipinski definition) is 6. The third-order valence-corrected chi connectivity index (χ3v) is 5.14. The number of anilines is 1. The first-order chi connectivity index (χ1) is 12.3. The predicted molar refractivity (Wildman–Crippen MR) is 93.5 cm³/mol. The number of piperazine rings is 1. The van der Waals surface area contributed by atoms with E-state index in [1.807, 2.05) is 4.90 Å². The van der Waals surface area contributed by atoms with Gasteiger partial charge in [-0.05, 0) is 12.6 Å². The van der Waals surface area contributed by atoms with Gasteiger partial charge >= 0.3 is 0 Å². The van der Waals surface area contributed by atoms with Crippen LogP contribution in [0.5, 0.6) is 0 Å². The molecule has 0 saturated carbocycles. The van der Waals surface area contributed by atoms with Crippen LogP contribution in [0.3, 0.4) is 0 Å². The molecule has 7 heteroatoms. The highest BCUT2D eigenvalue weighted by Gasteiger charge is 2.27. The smallest absolute Gasteiger partial charge is 0.257 e. The van der Waals surface area contributed by atoms with Crippen molar-refractivity contribution in [2.45, 2.75) is 19.9 Å². The molecule has 132 valence electrons. The molecule has 25 heavy (non-hydrogen) atoms. The Hall–Kier alpha value is -2.41. The van der Waals surface area contributed by atoms with E-state index < -0.39 is 0 Å². The van der Waals surface area contributed by atoms with Gasteiger partial charge in [0, 0.05) is 51.3 Å². The van der Waals surface area contributed by atoms with Crippen LogP contribution in [-0.4, -0.2) is 64.9 Å². The quantitative estimate of drug-likeness (QED) is 0.841. The molecule has 7 nitrogen and oxygen atoms in total. The van der Waals surface area contributed by atoms with Crippen LogP contribution >= 0.6 is 0 Å². The Labute approximate surface area is 147 Å². The molecule has 0 N–H and O–H groups in total. The number of carbonyl (C=O) groups excluding carboxylic acids is 1. The Morgan fingerprint density at radius 2 is 2.04 bits per heavy atom. The van der Waals surface area contributed by atoms with Crippen molar-refractivity contribution in [1.82, 2.24) is 19.8 Å². The molecule has 4 heterocycles. The first-order valence-corrected chi connectivity index (χ1v) is 8.87. The maximum Gasteiger partial charge on any atom is 0.257 e. The van der Waals surface area contributed by atoms with Gasteiger partial charge in [0.05, 0.1) is 17.5 Å². The average Bonchev–Trinajstić information content (AvgIpc) is 3.21. The molecule has 1 amide bonds. The molecule has 0 radical (unpaired) electrons. The molecule has 0 atom stereocenters. The molecule has 0 aromatic carbocycles. The Balaban J connectivity index is 1.47. The zero-order valence-corrected chi connectivity index (χ0v) is 14.5. The van der Waals surface area contributed by atoms with Crippen LogP contribution in [0.15, 0.2) is 29.3 Å². The van der Waals surface area contributed by atoms with E-state index >= 15 is 0 Å². The lowest BCUT2D eigenvalue weighted by Gasteiger charge is -2.37. The number of likely N-dealkylation sites (N-methyl/N-ethyl adjacent to an activating group) is 1. The number of rotatable bonds is 3. The number of carbonyl (C=O) groups is 1. The zero-order valence-electron chi connectivity index (χ0n) is 14.5. The second-order valence-corrected chi connectivity index (χ2v) is 6.53. The van der Waals surface area contributed by atoms with Gasteiger partial charge in [0.2, 0.25) is 0 Å². The number of nitrogens with zero attached hydrogens (tertiary/aromatic N) is 5. The number of fused-ring (bicyclic) bond motifs is 1. The van der Waals surface area contributed by atoms with E-state index in [0.29, 0.717) is 18.7 Å². The summed E-state index contributed by atoms with van der Waals surface area (Å²) in [6, 6.07) is 1.72. The number of furan rings is 1. The summed E-state index contributed by atoms with van der Waals surface area (Å²) in [5.41, 5.74) is 3.04. The SMILES string of the molecule is CCN1CCc2ncnc(N3CCN(C(=O)c4ccoc4)CC3)c2C1. The Bertz CT molecular complexity index is 738. The molecule has 2 aliphatic heterocycles. The van der Waals surface area contributed by atoms with E-state index in [9.17, 15) is 4.79 Å². The summed E-state index contributed by atoms with van der Waals surface area (Å²) < 4.78 is 5.02. The van der Waals surface area contributed by atoms with Gasteiger partial charge < -0.3 is 14.2 Å². The van der Waals surface area contributed by atoms with Crippen molar-refractivity contribution in [1.29, 1.82) is 0 Å². The first kappa shape index (κ1) is 16.1. The summed E-state index contributed by atoms with van der Waals surface area (Å²) in [6.07, 6.45) is 5.71. The maximum atomic E-state index is 12.4. The minimum absolute atomic E-state index is 0.0373. The van der Waals surface area contributed by atoms with Crippen LogP contribution in [0.25, 0.3) is 0 Å². The van der Waals surface area contributed by atoms with Crippen LogP contribution in [0.2, 0.25) is 0 Å². The monoisotopic (exact) mass is 341 g/mol. The second kappa shape index (κ2) is 6.84. The van der Waals surface area contributed by atoms with E-state index in [1.54, 1.807) is 12.4 Å². The molecule has 0 unspecified atom stereocenters. The number of amides is 1. The third-order valence-electron chi connectivity index (χ3n) is 5.14. The summed E-state index contributed by atoms with van der Waals surface area (Å²) in [6.45, 7) is 8.18. The van der Waals surface area contributed by atoms with Crippen molar-refractivity contribution in [3.8, 4) is 0 Å². The Kier molecular flexibility index (Phi) is 4.40. The zero-order chi connectivity index (χ0) is 17.2. The lowest BCUT2D eigenvalue weighted by Crippen LogP contribution is -2.49. The molecule has 1 fully saturated rings. The van der Waals surface area contributed by atoms with Gasteiger partial charge in [0.15, 0.2) is 0 Å². The van der Waals surface area contributed by atoms with Gasteiger partial charge in [-0.15, -0.1) is 0 Å². The number of aromatic nitrogens is 2. The fraction of sp³-hybridized carbons (Fsp3) is 0.500. The fourth-order valence-corrected chi connectivity index (χ4v) is 3.61. The topological polar surface area (TPSA) is 65.7 Å². The van der Waals surface area contributed by atoms with Gasteiger partial charge in [-0.2, -0.15) is 0 Å². The largest absolute Gasteiger partial charge is 0.472 e. The summed E-state index contributed by atoms with van der Waals surface area (Å²) in [5, 5.41) is 0. The van der Waals surface area contributed by atoms with Gasteiger partial charge in [0.1, 0.15) is 18.4 Å². The molecule has 0 bridgehead atoms. The normalized spacial score (nSPS) is 18.3. The van der Waals surface area contributed by atoms with Crippen LogP contribution in [-0.2, 0) is 13.0 Å². The predicted octanol–water partition coefficient (Wildman–Crippen LogP) is 1.41. The van der Waals surface area contributed by atoms with Gasteiger partial charge in [-0.3, -0.25) is 9.69 Å². The van der Waals surface area contributed by atoms with Gasteiger partial charge in [-0.1, -0.05) is 6.92 Å². The van der Waals surface area contributed by atoms with E-state index in [1.165, 1.54) is 23.8 Å². The molecule has 2 aromatic heterocycles. The molecule has 0 spiro atoms. The van der Waals surface area contributed by atoms with E-state index in [4.69, 9.17) is 4.42 Å². The molecule has 2 aliphatic rings. The Morgan fingerprint density at radius 1 is 1.20 bits per heavy atom. The van der Waals surface area contributed by atoms with Crippen LogP contribution in [0.4, 0.5) is 5.82 Å². The minimum atomic E-state index is 0.0373. The van der Waals surface area contributed by atoms with Crippen LogP contribution in [0.1, 0.15) is 28.5 Å². The van der Waals surface area contributed by atoms with Crippen LogP contribution < -0.4 is 4.90 Å². The molecule has 1 saturated heterocycles. The van der Waals surface area contributed by atoms with Crippen molar-refractivity contribution >= 4 is 11.7 Å². The molecule has 0 aliphatic carbocycles. The minimum Gasteiger partial charge on any atom is -0.472 e. The van der Waals surface area contributed by atoms with Crippen molar-refractivity contribution in [2.24, 2.45) is 0 Å². The third kappa shape index (κ3) is 3.11. The highest BCUT2D eigenvalue weighted by atomic mass is 16.3. The Morgan fingerprint density at radius 3 is 2.76 bits per heavy atom. The van der Waals surface area contributed by atoms with Crippen molar-refractivity contribution in [3.63, 3.8) is 0 Å². The van der Waals surface area contributed by atoms with Gasteiger partial charge in [-0.25, -0.2) is 9.97 Å². The first-order valence-electron chi connectivity index (χ1n) is 8.87. The summed E-state index contributed by atoms with van der Waals surface area (Å²) >= 11 is 0. The lowest BCUT2D eigenvalue weighted by atomic mass is 10.1. The second-order valence-electron chi connectivity index (χ2n) is 6.53. The maximum absolute atomic E-state index is 12.4. The van der Waals surface area contributed by atoms with Gasteiger partial charge in [0.25, 0.3) is 5.91 Å². The number of hydrogen-bond donors (Lipinski definition) is 0. The molecular weight excluding hydrogens is 318 g/mol. The average molecular weight is 341 g/mol. The standard InChI is InChI=1S/C18H23N5O2/c1-2-21-5-3-16-15(11-21)17(20-13-19-16)22-6-8-23(9-7-22)18(24)14-4-10-25-12-14/h4,10,12-13H,2-3,5-9,11H2,1H3. The summed E-state index contributed by atoms with van der Waals surface area (Å²) in [4.78, 5) is 28.1. The van der Waals surface area contributed by atoms with E-state index in [0.717, 1.165) is 45.0 Å². The molecule has 4 rings (SSSR count). The van der Waals surface area contributed by atoms with E-state index in [2.05, 4.69) is 26.7 Å². The van der Waals surface area contributed by atoms with E-state index in [-0.39, 0.29) is 5.91 Å². The van der Waals surface area contributed by atoms with Crippen LogP contribution in [0, 0.1) is 0 Å². The molecular formula is C18H23N5O2. The van der Waals surface area contributed by atoms with Crippen molar-refractivity contribution < 1.29 is 9.21 Å². The highest BCUT2D eigenvalue weighted by Crippen LogP contribution is 2.26. The summed E-state index contributed by atoms with van der Waals surface area (Å²) in [7, 11) is 0. The summed E-state index contributed by atoms with van der Waals surface area (Å²) in [5.74, 6) is 1.08. The molecule has 2 aromatic rings. The highest BCUT2D eigenvalue weighted by molar-refractivity contribution is 5.94. The van der Waals surface area contributed by atoms with Crippen molar-refractivity contribution in [3.05, 3.63) is 41.7 Å².